The van der Waals surface area contributed by atoms with Crippen LogP contribution >= 0.6 is 0 Å². The molecule has 0 aromatic heterocycles. The quantitative estimate of drug-likeness (QED) is 0.566. The molecule has 2 aliphatic heterocycles. The van der Waals surface area contributed by atoms with Crippen LogP contribution in [-0.2, 0) is 10.2 Å². The second kappa shape index (κ2) is 8.32. The molecule has 0 unspecified atom stereocenters. The Morgan fingerprint density at radius 2 is 1.37 bits per heavy atom. The van der Waals surface area contributed by atoms with Crippen molar-refractivity contribution in [3.63, 3.8) is 0 Å². The molecule has 148 valence electrons. The lowest BCUT2D eigenvalue weighted by Gasteiger charge is -2.36. The molecule has 1 amide bonds. The van der Waals surface area contributed by atoms with Gasteiger partial charge >= 0.3 is 0 Å². The molecule has 2 saturated heterocycles. The van der Waals surface area contributed by atoms with Gasteiger partial charge in [0.05, 0.1) is 4.92 Å². The Morgan fingerprint density at radius 3 is 1.89 bits per heavy atom. The van der Waals surface area contributed by atoms with E-state index in [1.165, 1.54) is 28.6 Å². The van der Waals surface area contributed by atoms with Crippen molar-refractivity contribution >= 4 is 21.8 Å². The Hall–Kier alpha value is -2.04. The van der Waals surface area contributed by atoms with E-state index < -0.39 is 15.1 Å². The van der Waals surface area contributed by atoms with Crippen LogP contribution in [0.15, 0.2) is 24.3 Å². The number of carbonyl (C=O) groups is 1. The molecular formula is C17H24N4O5S. The maximum Gasteiger partial charge on any atom is 0.282 e. The highest BCUT2D eigenvalue weighted by molar-refractivity contribution is 7.86. The first-order valence-corrected chi connectivity index (χ1v) is 10.6. The number of hydrogen-bond donors (Lipinski definition) is 0. The summed E-state index contributed by atoms with van der Waals surface area (Å²) >= 11 is 0. The molecule has 9 nitrogen and oxygen atoms in total. The number of nitro groups is 1. The van der Waals surface area contributed by atoms with Crippen LogP contribution in [0.2, 0.25) is 0 Å². The van der Waals surface area contributed by atoms with E-state index >= 15 is 0 Å². The molecule has 10 heteroatoms. The third-order valence-corrected chi connectivity index (χ3v) is 7.10. The third kappa shape index (κ3) is 4.45. The normalized spacial score (nSPS) is 20.2. The van der Waals surface area contributed by atoms with Gasteiger partial charge in [0.1, 0.15) is 0 Å². The number of nitrogens with zero attached hydrogens (tertiary/aromatic N) is 4. The highest BCUT2D eigenvalue weighted by Gasteiger charge is 2.33. The number of carbonyl (C=O) groups excluding carboxylic acids is 1. The topological polar surface area (TPSA) is 104 Å². The highest BCUT2D eigenvalue weighted by atomic mass is 32.2. The Balaban J connectivity index is 1.60. The van der Waals surface area contributed by atoms with Gasteiger partial charge in [-0.25, -0.2) is 0 Å². The molecule has 2 fully saturated rings. The summed E-state index contributed by atoms with van der Waals surface area (Å²) in [7, 11) is -3.48. The molecular weight excluding hydrogens is 372 g/mol. The Labute approximate surface area is 158 Å². The van der Waals surface area contributed by atoms with Gasteiger partial charge in [-0.05, 0) is 25.0 Å². The fourth-order valence-electron chi connectivity index (χ4n) is 3.47. The predicted molar refractivity (Wildman–Crippen MR) is 99.5 cm³/mol. The van der Waals surface area contributed by atoms with Crippen molar-refractivity contribution in [2.24, 2.45) is 0 Å². The SMILES string of the molecule is O=C(c1ccc([N+](=O)[O-])cc1)N1CCN(S(=O)(=O)N2CCCCCC2)CC1. The van der Waals surface area contributed by atoms with Crippen LogP contribution in [0, 0.1) is 10.1 Å². The van der Waals surface area contributed by atoms with Crippen LogP contribution < -0.4 is 0 Å². The number of hydrogen-bond acceptors (Lipinski definition) is 5. The second-order valence-electron chi connectivity index (χ2n) is 6.82. The summed E-state index contributed by atoms with van der Waals surface area (Å²) in [5.74, 6) is -0.239. The zero-order valence-corrected chi connectivity index (χ0v) is 15.9. The number of benzene rings is 1. The van der Waals surface area contributed by atoms with E-state index in [9.17, 15) is 23.3 Å². The lowest BCUT2D eigenvalue weighted by molar-refractivity contribution is -0.384. The summed E-state index contributed by atoms with van der Waals surface area (Å²) in [5, 5.41) is 10.7. The first kappa shape index (κ1) is 19.7. The predicted octanol–water partition coefficient (Wildman–Crippen LogP) is 1.47. The fraction of sp³-hybridized carbons (Fsp3) is 0.588. The molecule has 0 saturated carbocycles. The number of nitro benzene ring substituents is 1. The van der Waals surface area contributed by atoms with Crippen LogP contribution in [0.4, 0.5) is 5.69 Å². The smallest absolute Gasteiger partial charge is 0.282 e. The molecule has 27 heavy (non-hydrogen) atoms. The Morgan fingerprint density at radius 1 is 0.852 bits per heavy atom. The van der Waals surface area contributed by atoms with Gasteiger partial charge in [0.25, 0.3) is 21.8 Å². The first-order valence-electron chi connectivity index (χ1n) is 9.18. The average molecular weight is 396 g/mol. The van der Waals surface area contributed by atoms with Gasteiger partial charge in [-0.15, -0.1) is 0 Å². The number of rotatable bonds is 4. The van der Waals surface area contributed by atoms with Gasteiger partial charge in [-0.1, -0.05) is 12.8 Å². The summed E-state index contributed by atoms with van der Waals surface area (Å²) in [6.45, 7) is 2.26. The number of amides is 1. The first-order chi connectivity index (χ1) is 12.9. The van der Waals surface area contributed by atoms with Crippen molar-refractivity contribution in [3.8, 4) is 0 Å². The molecule has 3 rings (SSSR count). The van der Waals surface area contributed by atoms with Crippen molar-refractivity contribution in [3.05, 3.63) is 39.9 Å². The molecule has 0 N–H and O–H groups in total. The van der Waals surface area contributed by atoms with Gasteiger partial charge in [0.15, 0.2) is 0 Å². The van der Waals surface area contributed by atoms with E-state index in [-0.39, 0.29) is 24.7 Å². The summed E-state index contributed by atoms with van der Waals surface area (Å²) in [5.41, 5.74) is 0.296. The second-order valence-corrected chi connectivity index (χ2v) is 8.74. The molecule has 1 aromatic carbocycles. The van der Waals surface area contributed by atoms with Gasteiger partial charge in [-0.2, -0.15) is 17.0 Å². The third-order valence-electron chi connectivity index (χ3n) is 5.07. The maximum absolute atomic E-state index is 12.8. The number of non-ortho nitro benzene ring substituents is 1. The summed E-state index contributed by atoms with van der Waals surface area (Å²) in [6.07, 6.45) is 3.89. The van der Waals surface area contributed by atoms with Crippen LogP contribution in [-0.4, -0.2) is 72.0 Å². The van der Waals surface area contributed by atoms with Gasteiger partial charge < -0.3 is 4.90 Å². The molecule has 0 spiro atoms. The fourth-order valence-corrected chi connectivity index (χ4v) is 5.14. The monoisotopic (exact) mass is 396 g/mol. The molecule has 0 radical (unpaired) electrons. The van der Waals surface area contributed by atoms with Crippen LogP contribution in [0.1, 0.15) is 36.0 Å². The zero-order valence-electron chi connectivity index (χ0n) is 15.1. The van der Waals surface area contributed by atoms with Gasteiger partial charge in [0, 0.05) is 57.0 Å². The highest BCUT2D eigenvalue weighted by Crippen LogP contribution is 2.19. The molecule has 2 heterocycles. The minimum absolute atomic E-state index is 0.0695. The zero-order chi connectivity index (χ0) is 19.4. The molecule has 2 aliphatic rings. The minimum atomic E-state index is -3.48. The minimum Gasteiger partial charge on any atom is -0.336 e. The number of piperazine rings is 1. The maximum atomic E-state index is 12.8. The standard InChI is InChI=1S/C17H24N4O5S/c22-17(15-5-7-16(8-6-15)21(23)24)18-11-13-20(14-12-18)27(25,26)19-9-3-1-2-4-10-19/h5-8H,1-4,9-14H2. The van der Waals surface area contributed by atoms with Crippen molar-refractivity contribution in [2.45, 2.75) is 25.7 Å². The van der Waals surface area contributed by atoms with Gasteiger partial charge in [0.2, 0.25) is 0 Å². The molecule has 0 aliphatic carbocycles. The van der Waals surface area contributed by atoms with Crippen molar-refractivity contribution in [1.29, 1.82) is 0 Å². The Bertz CT molecular complexity index is 780. The molecule has 0 atom stereocenters. The van der Waals surface area contributed by atoms with Crippen molar-refractivity contribution in [1.82, 2.24) is 13.5 Å². The van der Waals surface area contributed by atoms with E-state index in [0.717, 1.165) is 25.7 Å². The van der Waals surface area contributed by atoms with Gasteiger partial charge in [-0.3, -0.25) is 14.9 Å². The van der Waals surface area contributed by atoms with Crippen LogP contribution in [0.3, 0.4) is 0 Å². The van der Waals surface area contributed by atoms with Crippen LogP contribution in [0.5, 0.6) is 0 Å². The van der Waals surface area contributed by atoms with Crippen molar-refractivity contribution in [2.75, 3.05) is 39.3 Å². The van der Waals surface area contributed by atoms with E-state index in [1.54, 1.807) is 9.21 Å². The average Bonchev–Trinajstić information content (AvgIpc) is 2.98. The summed E-state index contributed by atoms with van der Waals surface area (Å²) < 4.78 is 28.7. The summed E-state index contributed by atoms with van der Waals surface area (Å²) in [4.78, 5) is 24.4. The lowest BCUT2D eigenvalue weighted by atomic mass is 10.1. The van der Waals surface area contributed by atoms with E-state index in [2.05, 4.69) is 0 Å². The molecule has 0 bridgehead atoms. The van der Waals surface area contributed by atoms with Crippen LogP contribution in [0.25, 0.3) is 0 Å². The molecule has 1 aromatic rings. The Kier molecular flexibility index (Phi) is 6.08. The van der Waals surface area contributed by atoms with Crippen molar-refractivity contribution < 1.29 is 18.1 Å². The largest absolute Gasteiger partial charge is 0.336 e. The van der Waals surface area contributed by atoms with E-state index in [0.29, 0.717) is 31.7 Å². The van der Waals surface area contributed by atoms with E-state index in [4.69, 9.17) is 0 Å². The lowest BCUT2D eigenvalue weighted by Crippen LogP contribution is -2.54. The van der Waals surface area contributed by atoms with E-state index in [1.807, 2.05) is 0 Å². The summed E-state index contributed by atoms with van der Waals surface area (Å²) in [6, 6.07) is 5.46.